The van der Waals surface area contributed by atoms with Crippen LogP contribution in [0.5, 0.6) is 23.0 Å². The topological polar surface area (TPSA) is 24.9 Å². The molecule has 0 aliphatic carbocycles. The summed E-state index contributed by atoms with van der Waals surface area (Å²) in [6.45, 7) is 6.70. The van der Waals surface area contributed by atoms with Crippen molar-refractivity contribution in [3.63, 3.8) is 0 Å². The van der Waals surface area contributed by atoms with Gasteiger partial charge in [0, 0.05) is 50.3 Å². The van der Waals surface area contributed by atoms with Gasteiger partial charge in [-0.15, -0.1) is 0 Å². The van der Waals surface area contributed by atoms with Gasteiger partial charge < -0.3 is 19.3 Å². The van der Waals surface area contributed by atoms with Crippen molar-refractivity contribution >= 4 is 78.8 Å². The highest BCUT2D eigenvalue weighted by molar-refractivity contribution is 7.01. The van der Waals surface area contributed by atoms with Gasteiger partial charge in [-0.2, -0.15) is 0 Å². The molecule has 3 aliphatic heterocycles. The van der Waals surface area contributed by atoms with Crippen molar-refractivity contribution in [1.82, 2.24) is 0 Å². The Morgan fingerprint density at radius 3 is 1.71 bits per heavy atom. The van der Waals surface area contributed by atoms with Crippen LogP contribution in [0.15, 0.2) is 182 Å². The van der Waals surface area contributed by atoms with Crippen molar-refractivity contribution in [2.24, 2.45) is 0 Å². The molecule has 0 N–H and O–H groups in total. The third kappa shape index (κ3) is 4.85. The smallest absolute Gasteiger partial charge is 0.262 e. The number of benzene rings is 9. The normalized spacial score (nSPS) is 14.0. The van der Waals surface area contributed by atoms with E-state index in [0.717, 1.165) is 73.0 Å². The third-order valence-electron chi connectivity index (χ3n) is 12.7. The van der Waals surface area contributed by atoms with Gasteiger partial charge >= 0.3 is 0 Å². The lowest BCUT2D eigenvalue weighted by Gasteiger charge is -2.45. The molecule has 0 spiro atoms. The van der Waals surface area contributed by atoms with Gasteiger partial charge in [-0.3, -0.25) is 0 Å². The van der Waals surface area contributed by atoms with Crippen LogP contribution in [-0.2, 0) is 5.41 Å². The Hall–Kier alpha value is -7.24. The molecule has 0 amide bonds. The standard InChI is InChI=1S/C54H39BN2O2/c1-34-31-45-51-46(32-34)59-53-48-52(57(37-23-11-6-12-24-37)43-30-18-17-29-42(43)54(48,2)3)41-28-16-15-27-40(41)50(53)55(51)49-39-26-14-13-25-38(39)44(33-47(49)58-45)56(35-19-7-4-8-20-35)36-21-9-5-10-22-36/h4-33H,1-3H3. The Morgan fingerprint density at radius 2 is 1.03 bits per heavy atom. The summed E-state index contributed by atoms with van der Waals surface area (Å²) in [5.41, 5.74) is 13.3. The lowest BCUT2D eigenvalue weighted by Crippen LogP contribution is -2.58. The van der Waals surface area contributed by atoms with E-state index in [-0.39, 0.29) is 6.71 Å². The van der Waals surface area contributed by atoms with Crippen LogP contribution < -0.4 is 35.7 Å². The molecule has 12 rings (SSSR count). The van der Waals surface area contributed by atoms with Gasteiger partial charge in [0.25, 0.3) is 6.71 Å². The molecule has 9 aromatic carbocycles. The monoisotopic (exact) mass is 758 g/mol. The van der Waals surface area contributed by atoms with Crippen molar-refractivity contribution < 1.29 is 9.47 Å². The molecule has 0 fully saturated rings. The summed E-state index contributed by atoms with van der Waals surface area (Å²) < 4.78 is 14.6. The van der Waals surface area contributed by atoms with E-state index in [4.69, 9.17) is 9.47 Å². The summed E-state index contributed by atoms with van der Waals surface area (Å²) in [6.07, 6.45) is 0. The van der Waals surface area contributed by atoms with Crippen LogP contribution in [0.25, 0.3) is 21.5 Å². The summed E-state index contributed by atoms with van der Waals surface area (Å²) >= 11 is 0. The highest BCUT2D eigenvalue weighted by Gasteiger charge is 2.48. The number of aryl methyl sites for hydroxylation is 1. The number of fused-ring (bicyclic) bond motifs is 12. The number of hydrogen-bond donors (Lipinski definition) is 0. The van der Waals surface area contributed by atoms with Crippen molar-refractivity contribution in [2.75, 3.05) is 9.80 Å². The maximum absolute atomic E-state index is 7.44. The molecule has 0 unspecified atom stereocenters. The first-order valence-electron chi connectivity index (χ1n) is 20.5. The van der Waals surface area contributed by atoms with Crippen LogP contribution in [0.1, 0.15) is 30.5 Å². The average molecular weight is 759 g/mol. The molecule has 4 nitrogen and oxygen atoms in total. The predicted molar refractivity (Wildman–Crippen MR) is 245 cm³/mol. The molecule has 3 heterocycles. The van der Waals surface area contributed by atoms with E-state index in [1.165, 1.54) is 38.7 Å². The van der Waals surface area contributed by atoms with Gasteiger partial charge in [-0.05, 0) is 94.3 Å². The number of anilines is 6. The highest BCUT2D eigenvalue weighted by atomic mass is 16.5. The zero-order valence-electron chi connectivity index (χ0n) is 33.1. The number of para-hydroxylation sites is 4. The fourth-order valence-corrected chi connectivity index (χ4v) is 10.3. The second kappa shape index (κ2) is 12.6. The first-order valence-corrected chi connectivity index (χ1v) is 20.5. The highest BCUT2D eigenvalue weighted by Crippen LogP contribution is 2.58. The Kier molecular flexibility index (Phi) is 7.25. The quantitative estimate of drug-likeness (QED) is 0.167. The zero-order valence-corrected chi connectivity index (χ0v) is 33.1. The van der Waals surface area contributed by atoms with E-state index in [9.17, 15) is 0 Å². The van der Waals surface area contributed by atoms with E-state index in [0.29, 0.717) is 0 Å². The van der Waals surface area contributed by atoms with Crippen LogP contribution in [0, 0.1) is 6.92 Å². The Morgan fingerprint density at radius 1 is 0.508 bits per heavy atom. The Balaban J connectivity index is 1.20. The summed E-state index contributed by atoms with van der Waals surface area (Å²) in [5.74, 6) is 3.48. The molecule has 0 saturated carbocycles. The fraction of sp³-hybridized carbons (Fsp3) is 0.0741. The van der Waals surface area contributed by atoms with Crippen molar-refractivity contribution in [3.8, 4) is 23.0 Å². The molecule has 280 valence electrons. The van der Waals surface area contributed by atoms with E-state index >= 15 is 0 Å². The first kappa shape index (κ1) is 33.9. The second-order valence-electron chi connectivity index (χ2n) is 16.5. The van der Waals surface area contributed by atoms with Crippen LogP contribution in [0.2, 0.25) is 0 Å². The minimum Gasteiger partial charge on any atom is -0.458 e. The van der Waals surface area contributed by atoms with Crippen molar-refractivity contribution in [2.45, 2.75) is 26.2 Å². The lowest BCUT2D eigenvalue weighted by molar-refractivity contribution is 0.453. The van der Waals surface area contributed by atoms with Crippen molar-refractivity contribution in [1.29, 1.82) is 0 Å². The number of rotatable bonds is 4. The van der Waals surface area contributed by atoms with Gasteiger partial charge in [0.2, 0.25) is 0 Å². The first-order chi connectivity index (χ1) is 29.0. The van der Waals surface area contributed by atoms with Gasteiger partial charge in [-0.25, -0.2) is 0 Å². The maximum Gasteiger partial charge on any atom is 0.262 e. The molecule has 0 atom stereocenters. The molecular formula is C54H39BN2O2. The molecular weight excluding hydrogens is 719 g/mol. The van der Waals surface area contributed by atoms with Crippen LogP contribution in [-0.4, -0.2) is 6.71 Å². The summed E-state index contributed by atoms with van der Waals surface area (Å²) in [4.78, 5) is 4.81. The molecule has 5 heteroatoms. The number of nitrogens with zero attached hydrogens (tertiary/aromatic N) is 2. The van der Waals surface area contributed by atoms with Gasteiger partial charge in [-0.1, -0.05) is 135 Å². The SMILES string of the molecule is Cc1cc2c3c(c1)Oc1c4c(c5ccccc5c1B3c1c(cc(N(c3ccccc3)c3ccccc3)c3ccccc13)O2)N(c1ccccc1)c1ccccc1C4(C)C. The van der Waals surface area contributed by atoms with Gasteiger partial charge in [0.15, 0.2) is 0 Å². The Labute approximate surface area is 344 Å². The summed E-state index contributed by atoms with van der Waals surface area (Å²) in [5, 5.41) is 4.68. The van der Waals surface area contributed by atoms with Crippen molar-refractivity contribution in [3.05, 3.63) is 199 Å². The molecule has 0 aromatic heterocycles. The third-order valence-corrected chi connectivity index (χ3v) is 12.7. The van der Waals surface area contributed by atoms with E-state index in [1.54, 1.807) is 0 Å². The van der Waals surface area contributed by atoms with E-state index in [2.05, 4.69) is 213 Å². The molecule has 59 heavy (non-hydrogen) atoms. The minimum absolute atomic E-state index is 0.165. The van der Waals surface area contributed by atoms with E-state index < -0.39 is 5.41 Å². The predicted octanol–water partition coefficient (Wildman–Crippen LogP) is 12.6. The fourth-order valence-electron chi connectivity index (χ4n) is 10.3. The largest absolute Gasteiger partial charge is 0.458 e. The average Bonchev–Trinajstić information content (AvgIpc) is 3.27. The molecule has 0 bridgehead atoms. The number of hydrogen-bond acceptors (Lipinski definition) is 4. The molecule has 0 saturated heterocycles. The van der Waals surface area contributed by atoms with Crippen LogP contribution in [0.4, 0.5) is 34.1 Å². The van der Waals surface area contributed by atoms with Gasteiger partial charge in [0.1, 0.15) is 23.0 Å². The molecule has 0 radical (unpaired) electrons. The van der Waals surface area contributed by atoms with Crippen LogP contribution in [0.3, 0.4) is 0 Å². The van der Waals surface area contributed by atoms with Crippen LogP contribution >= 0.6 is 0 Å². The minimum atomic E-state index is -0.402. The zero-order chi connectivity index (χ0) is 39.4. The Bertz CT molecular complexity index is 3120. The second-order valence-corrected chi connectivity index (χ2v) is 16.5. The number of ether oxygens (including phenoxy) is 2. The lowest BCUT2D eigenvalue weighted by atomic mass is 9.33. The molecule has 3 aliphatic rings. The maximum atomic E-state index is 7.44. The van der Waals surface area contributed by atoms with Gasteiger partial charge in [0.05, 0.1) is 17.1 Å². The van der Waals surface area contributed by atoms with E-state index in [1.807, 2.05) is 0 Å². The molecule has 9 aromatic rings. The summed E-state index contributed by atoms with van der Waals surface area (Å²) in [7, 11) is 0. The summed E-state index contributed by atoms with van der Waals surface area (Å²) in [6, 6.07) is 65.4.